The van der Waals surface area contributed by atoms with Crippen LogP contribution in [0.5, 0.6) is 0 Å². The first kappa shape index (κ1) is 14.5. The Labute approximate surface area is 114 Å². The lowest BCUT2D eigenvalue weighted by molar-refractivity contribution is -0.129. The fourth-order valence-electron chi connectivity index (χ4n) is 1.07. The summed E-state index contributed by atoms with van der Waals surface area (Å²) in [5.74, 6) is -1.31. The molecular formula is C12H11Cl2NO3. The second kappa shape index (κ2) is 7.74. The summed E-state index contributed by atoms with van der Waals surface area (Å²) in [4.78, 5) is 14.2. The number of halogens is 2. The molecule has 18 heavy (non-hydrogen) atoms. The zero-order valence-electron chi connectivity index (χ0n) is 9.29. The van der Waals surface area contributed by atoms with E-state index in [1.807, 2.05) is 36.4 Å². The van der Waals surface area contributed by atoms with Gasteiger partial charge in [0.2, 0.25) is 0 Å². The molecule has 0 aliphatic heterocycles. The molecule has 96 valence electrons. The Hall–Kier alpha value is -1.52. The molecular weight excluding hydrogens is 277 g/mol. The Morgan fingerprint density at radius 3 is 2.61 bits per heavy atom. The molecule has 0 saturated carbocycles. The van der Waals surface area contributed by atoms with Crippen LogP contribution in [0.2, 0.25) is 0 Å². The van der Waals surface area contributed by atoms with Crippen molar-refractivity contribution in [2.75, 3.05) is 6.61 Å². The quantitative estimate of drug-likeness (QED) is 0.379. The number of oxime groups is 1. The van der Waals surface area contributed by atoms with Crippen molar-refractivity contribution in [1.29, 1.82) is 0 Å². The van der Waals surface area contributed by atoms with E-state index in [9.17, 15) is 4.79 Å². The van der Waals surface area contributed by atoms with Gasteiger partial charge in [0.25, 0.3) is 0 Å². The molecule has 1 rings (SSSR count). The number of carboxylic acid groups (broad SMARTS) is 1. The van der Waals surface area contributed by atoms with Gasteiger partial charge in [-0.3, -0.25) is 0 Å². The third kappa shape index (κ3) is 5.21. The van der Waals surface area contributed by atoms with Crippen molar-refractivity contribution in [2.24, 2.45) is 5.16 Å². The molecule has 0 amide bonds. The molecule has 0 heterocycles. The van der Waals surface area contributed by atoms with Gasteiger partial charge in [0.1, 0.15) is 6.61 Å². The molecule has 0 aliphatic carbocycles. The average molecular weight is 288 g/mol. The summed E-state index contributed by atoms with van der Waals surface area (Å²) in [5, 5.41) is 12.0. The molecule has 0 saturated heterocycles. The summed E-state index contributed by atoms with van der Waals surface area (Å²) in [7, 11) is 0. The number of hydrogen-bond donors (Lipinski definition) is 1. The normalized spacial score (nSPS) is 12.1. The number of rotatable bonds is 6. The van der Waals surface area contributed by atoms with E-state index in [0.29, 0.717) is 0 Å². The summed E-state index contributed by atoms with van der Waals surface area (Å²) < 4.78 is 0. The van der Waals surface area contributed by atoms with Gasteiger partial charge in [0.15, 0.2) is 10.5 Å². The van der Waals surface area contributed by atoms with Crippen LogP contribution in [0.15, 0.2) is 41.6 Å². The van der Waals surface area contributed by atoms with Crippen molar-refractivity contribution in [1.82, 2.24) is 0 Å². The Morgan fingerprint density at radius 2 is 2.06 bits per heavy atom. The Morgan fingerprint density at radius 1 is 1.39 bits per heavy atom. The summed E-state index contributed by atoms with van der Waals surface area (Å²) >= 11 is 10.8. The minimum Gasteiger partial charge on any atom is -0.477 e. The van der Waals surface area contributed by atoms with Crippen molar-refractivity contribution >= 4 is 41.0 Å². The lowest BCUT2D eigenvalue weighted by Gasteiger charge is -2.00. The van der Waals surface area contributed by atoms with Gasteiger partial charge in [-0.2, -0.15) is 0 Å². The van der Waals surface area contributed by atoms with Gasteiger partial charge in [-0.05, 0) is 11.6 Å². The molecule has 0 aliphatic rings. The summed E-state index contributed by atoms with van der Waals surface area (Å²) in [6.07, 6.45) is 3.53. The van der Waals surface area contributed by atoms with E-state index < -0.39 is 16.5 Å². The van der Waals surface area contributed by atoms with Crippen LogP contribution in [0, 0.1) is 0 Å². The number of aliphatic carboxylic acids is 1. The third-order valence-corrected chi connectivity index (χ3v) is 2.28. The number of carboxylic acids is 1. The van der Waals surface area contributed by atoms with Crippen LogP contribution in [0.1, 0.15) is 5.56 Å². The van der Waals surface area contributed by atoms with Gasteiger partial charge < -0.3 is 9.94 Å². The van der Waals surface area contributed by atoms with Crippen LogP contribution < -0.4 is 0 Å². The van der Waals surface area contributed by atoms with Gasteiger partial charge in [0, 0.05) is 0 Å². The molecule has 1 aromatic carbocycles. The maximum absolute atomic E-state index is 10.6. The number of benzene rings is 1. The van der Waals surface area contributed by atoms with Crippen LogP contribution in [0.4, 0.5) is 0 Å². The standard InChI is InChI=1S/C12H11Cl2NO3/c13-11(14)10(12(16)17)15-18-8-4-7-9-5-2-1-3-6-9/h1-7,11H,8H2,(H,16,17). The zero-order chi connectivity index (χ0) is 13.4. The van der Waals surface area contributed by atoms with E-state index in [1.54, 1.807) is 6.08 Å². The second-order valence-electron chi connectivity index (χ2n) is 3.19. The molecule has 0 aromatic heterocycles. The lowest BCUT2D eigenvalue weighted by atomic mass is 10.2. The first-order valence-corrected chi connectivity index (χ1v) is 5.91. The maximum atomic E-state index is 10.6. The molecule has 0 spiro atoms. The lowest BCUT2D eigenvalue weighted by Crippen LogP contribution is -2.20. The van der Waals surface area contributed by atoms with Gasteiger partial charge >= 0.3 is 5.97 Å². The predicted molar refractivity (Wildman–Crippen MR) is 72.0 cm³/mol. The zero-order valence-corrected chi connectivity index (χ0v) is 10.8. The molecule has 0 radical (unpaired) electrons. The highest BCUT2D eigenvalue weighted by atomic mass is 35.5. The van der Waals surface area contributed by atoms with E-state index >= 15 is 0 Å². The van der Waals surface area contributed by atoms with Gasteiger partial charge in [0.05, 0.1) is 0 Å². The van der Waals surface area contributed by atoms with Crippen molar-refractivity contribution in [3.63, 3.8) is 0 Å². The molecule has 1 N–H and O–H groups in total. The minimum absolute atomic E-state index is 0.131. The van der Waals surface area contributed by atoms with Crippen molar-refractivity contribution in [2.45, 2.75) is 4.84 Å². The minimum atomic E-state index is -1.31. The second-order valence-corrected chi connectivity index (χ2v) is 4.29. The van der Waals surface area contributed by atoms with E-state index in [2.05, 4.69) is 5.16 Å². The topological polar surface area (TPSA) is 58.9 Å². The van der Waals surface area contributed by atoms with Crippen LogP contribution >= 0.6 is 23.2 Å². The van der Waals surface area contributed by atoms with Crippen LogP contribution in [0.3, 0.4) is 0 Å². The van der Waals surface area contributed by atoms with E-state index in [1.165, 1.54) is 0 Å². The SMILES string of the molecule is O=C(O)C(=NOCC=Cc1ccccc1)C(Cl)Cl. The highest BCUT2D eigenvalue weighted by Gasteiger charge is 2.18. The molecule has 0 unspecified atom stereocenters. The Balaban J connectivity index is 2.45. The highest BCUT2D eigenvalue weighted by molar-refractivity contribution is 6.63. The number of nitrogens with zero attached hydrogens (tertiary/aromatic N) is 1. The van der Waals surface area contributed by atoms with Gasteiger partial charge in [-0.25, -0.2) is 4.79 Å². The Bertz CT molecular complexity index is 444. The number of hydrogen-bond acceptors (Lipinski definition) is 3. The molecule has 0 bridgehead atoms. The largest absolute Gasteiger partial charge is 0.477 e. The summed E-state index contributed by atoms with van der Waals surface area (Å²) in [5.41, 5.74) is 0.572. The van der Waals surface area contributed by atoms with Crippen LogP contribution in [-0.2, 0) is 9.63 Å². The first-order valence-electron chi connectivity index (χ1n) is 5.04. The smallest absolute Gasteiger partial charge is 0.356 e. The maximum Gasteiger partial charge on any atom is 0.356 e. The number of alkyl halides is 2. The fourth-order valence-corrected chi connectivity index (χ4v) is 1.34. The van der Waals surface area contributed by atoms with Crippen LogP contribution in [0.25, 0.3) is 6.08 Å². The molecule has 6 heteroatoms. The van der Waals surface area contributed by atoms with Crippen molar-refractivity contribution in [3.8, 4) is 0 Å². The molecule has 1 aromatic rings. The number of carbonyl (C=O) groups is 1. The highest BCUT2D eigenvalue weighted by Crippen LogP contribution is 2.06. The Kier molecular flexibility index (Phi) is 6.25. The van der Waals surface area contributed by atoms with Gasteiger partial charge in [-0.1, -0.05) is 64.8 Å². The average Bonchev–Trinajstić information content (AvgIpc) is 2.34. The van der Waals surface area contributed by atoms with E-state index in [4.69, 9.17) is 33.1 Å². The molecule has 0 atom stereocenters. The van der Waals surface area contributed by atoms with E-state index in [-0.39, 0.29) is 6.61 Å². The first-order chi connectivity index (χ1) is 8.61. The van der Waals surface area contributed by atoms with Crippen molar-refractivity contribution in [3.05, 3.63) is 42.0 Å². The van der Waals surface area contributed by atoms with E-state index in [0.717, 1.165) is 5.56 Å². The van der Waals surface area contributed by atoms with Crippen molar-refractivity contribution < 1.29 is 14.7 Å². The third-order valence-electron chi connectivity index (χ3n) is 1.87. The summed E-state index contributed by atoms with van der Waals surface area (Å²) in [6.45, 7) is 0.131. The van der Waals surface area contributed by atoms with Gasteiger partial charge in [-0.15, -0.1) is 0 Å². The fraction of sp³-hybridized carbons (Fsp3) is 0.167. The van der Waals surface area contributed by atoms with Crippen LogP contribution in [-0.4, -0.2) is 28.2 Å². The summed E-state index contributed by atoms with van der Waals surface area (Å²) in [6, 6.07) is 9.59. The molecule has 0 fully saturated rings. The monoisotopic (exact) mass is 287 g/mol. The molecule has 4 nitrogen and oxygen atoms in total. The predicted octanol–water partition coefficient (Wildman–Crippen LogP) is 2.96.